The van der Waals surface area contributed by atoms with Crippen LogP contribution in [0.1, 0.15) is 23.2 Å². The topological polar surface area (TPSA) is 25.8 Å². The second-order valence-electron chi connectivity index (χ2n) is 3.42. The Balaban J connectivity index is 2.40. The molecule has 0 amide bonds. The van der Waals surface area contributed by atoms with Gasteiger partial charge >= 0.3 is 0 Å². The molecule has 1 unspecified atom stereocenters. The number of hydrogen-bond donors (Lipinski definition) is 0. The number of alkyl halides is 1. The smallest absolute Gasteiger partial charge is 0.169 e. The van der Waals surface area contributed by atoms with Crippen molar-refractivity contribution in [2.45, 2.75) is 18.2 Å². The molecule has 0 radical (unpaired) electrons. The zero-order chi connectivity index (χ0) is 12.4. The SMILES string of the molecule is CCC(Br)c1nnc(-c2cccc(F)c2F)s1. The lowest BCUT2D eigenvalue weighted by Crippen LogP contribution is -1.88. The maximum Gasteiger partial charge on any atom is 0.169 e. The molecule has 1 heterocycles. The quantitative estimate of drug-likeness (QED) is 0.787. The molecule has 0 aliphatic heterocycles. The molecule has 2 nitrogen and oxygen atoms in total. The van der Waals surface area contributed by atoms with E-state index < -0.39 is 11.6 Å². The Kier molecular flexibility index (Phi) is 3.83. The summed E-state index contributed by atoms with van der Waals surface area (Å²) in [6, 6.07) is 4.04. The average molecular weight is 319 g/mol. The largest absolute Gasteiger partial charge is 0.204 e. The van der Waals surface area contributed by atoms with Crippen molar-refractivity contribution in [1.29, 1.82) is 0 Å². The van der Waals surface area contributed by atoms with E-state index in [0.29, 0.717) is 5.01 Å². The molecule has 2 rings (SSSR count). The third-order valence-electron chi connectivity index (χ3n) is 2.25. The summed E-state index contributed by atoms with van der Waals surface area (Å²) in [5.41, 5.74) is 0.157. The molecule has 0 N–H and O–H groups in total. The summed E-state index contributed by atoms with van der Waals surface area (Å²) >= 11 is 4.71. The van der Waals surface area contributed by atoms with Crippen LogP contribution < -0.4 is 0 Å². The van der Waals surface area contributed by atoms with E-state index in [9.17, 15) is 8.78 Å². The molecule has 2 aromatic rings. The summed E-state index contributed by atoms with van der Waals surface area (Å²) in [7, 11) is 0. The van der Waals surface area contributed by atoms with Crippen LogP contribution in [-0.2, 0) is 0 Å². The van der Waals surface area contributed by atoms with E-state index >= 15 is 0 Å². The van der Waals surface area contributed by atoms with Crippen LogP contribution in [-0.4, -0.2) is 10.2 Å². The standard InChI is InChI=1S/C11H9BrF2N2S/c1-2-7(12)11-16-15-10(17-11)6-4-3-5-8(13)9(6)14/h3-5,7H,2H2,1H3. The van der Waals surface area contributed by atoms with Crippen LogP contribution >= 0.6 is 27.3 Å². The number of nitrogens with zero attached hydrogens (tertiary/aromatic N) is 2. The normalized spacial score (nSPS) is 12.7. The van der Waals surface area contributed by atoms with Crippen LogP contribution in [0.15, 0.2) is 18.2 Å². The Morgan fingerprint density at radius 1 is 1.35 bits per heavy atom. The van der Waals surface area contributed by atoms with Crippen LogP contribution in [0.5, 0.6) is 0 Å². The van der Waals surface area contributed by atoms with Gasteiger partial charge in [-0.3, -0.25) is 0 Å². The van der Waals surface area contributed by atoms with E-state index in [-0.39, 0.29) is 10.4 Å². The number of rotatable bonds is 3. The highest BCUT2D eigenvalue weighted by Crippen LogP contribution is 2.33. The van der Waals surface area contributed by atoms with Crippen molar-refractivity contribution in [3.05, 3.63) is 34.8 Å². The van der Waals surface area contributed by atoms with Gasteiger partial charge in [0.15, 0.2) is 16.6 Å². The van der Waals surface area contributed by atoms with Gasteiger partial charge in [-0.15, -0.1) is 10.2 Å². The van der Waals surface area contributed by atoms with Crippen molar-refractivity contribution >= 4 is 27.3 Å². The third-order valence-corrected chi connectivity index (χ3v) is 4.70. The predicted octanol–water partition coefficient (Wildman–Crippen LogP) is 4.33. The van der Waals surface area contributed by atoms with E-state index in [0.717, 1.165) is 17.5 Å². The van der Waals surface area contributed by atoms with Gasteiger partial charge in [0, 0.05) is 0 Å². The Bertz CT molecular complexity index is 530. The Morgan fingerprint density at radius 2 is 2.12 bits per heavy atom. The Hall–Kier alpha value is -0.880. The second kappa shape index (κ2) is 5.18. The molecular weight excluding hydrogens is 310 g/mol. The lowest BCUT2D eigenvalue weighted by molar-refractivity contribution is 0.511. The fourth-order valence-corrected chi connectivity index (χ4v) is 2.61. The molecule has 0 bridgehead atoms. The van der Waals surface area contributed by atoms with Gasteiger partial charge in [0.05, 0.1) is 10.4 Å². The van der Waals surface area contributed by atoms with Gasteiger partial charge in [0.1, 0.15) is 5.01 Å². The molecule has 0 saturated carbocycles. The highest BCUT2D eigenvalue weighted by molar-refractivity contribution is 9.09. The van der Waals surface area contributed by atoms with Crippen LogP contribution in [0.2, 0.25) is 0 Å². The van der Waals surface area contributed by atoms with Crippen LogP contribution in [0.4, 0.5) is 8.78 Å². The van der Waals surface area contributed by atoms with Crippen LogP contribution in [0.3, 0.4) is 0 Å². The highest BCUT2D eigenvalue weighted by atomic mass is 79.9. The van der Waals surface area contributed by atoms with Crippen molar-refractivity contribution in [1.82, 2.24) is 10.2 Å². The van der Waals surface area contributed by atoms with Crippen molar-refractivity contribution in [2.24, 2.45) is 0 Å². The molecule has 0 saturated heterocycles. The lowest BCUT2D eigenvalue weighted by atomic mass is 10.2. The molecular formula is C11H9BrF2N2S. The van der Waals surface area contributed by atoms with Gasteiger partial charge in [-0.25, -0.2) is 8.78 Å². The van der Waals surface area contributed by atoms with Crippen molar-refractivity contribution in [3.63, 3.8) is 0 Å². The van der Waals surface area contributed by atoms with E-state index in [2.05, 4.69) is 26.1 Å². The van der Waals surface area contributed by atoms with Gasteiger partial charge in [-0.05, 0) is 18.6 Å². The molecule has 0 aliphatic rings. The lowest BCUT2D eigenvalue weighted by Gasteiger charge is -1.99. The summed E-state index contributed by atoms with van der Waals surface area (Å²) in [5.74, 6) is -1.75. The molecule has 0 spiro atoms. The van der Waals surface area contributed by atoms with Gasteiger partial charge in [-0.1, -0.05) is 40.3 Å². The fraction of sp³-hybridized carbons (Fsp3) is 0.273. The monoisotopic (exact) mass is 318 g/mol. The first-order chi connectivity index (χ1) is 8.13. The summed E-state index contributed by atoms with van der Waals surface area (Å²) in [6.07, 6.45) is 0.861. The summed E-state index contributed by atoms with van der Waals surface area (Å²) in [5, 5.41) is 9.02. The molecule has 17 heavy (non-hydrogen) atoms. The zero-order valence-electron chi connectivity index (χ0n) is 8.95. The molecule has 1 aromatic carbocycles. The predicted molar refractivity (Wildman–Crippen MR) is 67.2 cm³/mol. The van der Waals surface area contributed by atoms with E-state index in [1.807, 2.05) is 6.92 Å². The van der Waals surface area contributed by atoms with Crippen LogP contribution in [0.25, 0.3) is 10.6 Å². The third kappa shape index (κ3) is 2.52. The summed E-state index contributed by atoms with van der Waals surface area (Å²) < 4.78 is 26.6. The van der Waals surface area contributed by atoms with Gasteiger partial charge in [-0.2, -0.15) is 0 Å². The number of hydrogen-bond acceptors (Lipinski definition) is 3. The van der Waals surface area contributed by atoms with Crippen molar-refractivity contribution in [3.8, 4) is 10.6 Å². The minimum absolute atomic E-state index is 0.102. The maximum absolute atomic E-state index is 13.5. The van der Waals surface area contributed by atoms with Gasteiger partial charge in [0.2, 0.25) is 0 Å². The minimum atomic E-state index is -0.877. The summed E-state index contributed by atoms with van der Waals surface area (Å²) in [4.78, 5) is 0.102. The average Bonchev–Trinajstić information content (AvgIpc) is 2.81. The minimum Gasteiger partial charge on any atom is -0.204 e. The fourth-order valence-electron chi connectivity index (χ4n) is 1.31. The number of benzene rings is 1. The first-order valence-electron chi connectivity index (χ1n) is 5.05. The molecule has 1 atom stereocenters. The summed E-state index contributed by atoms with van der Waals surface area (Å²) in [6.45, 7) is 2.00. The Morgan fingerprint density at radius 3 is 2.82 bits per heavy atom. The Labute approximate surface area is 110 Å². The first kappa shape index (κ1) is 12.6. The van der Waals surface area contributed by atoms with E-state index in [1.165, 1.54) is 23.5 Å². The maximum atomic E-state index is 13.5. The van der Waals surface area contributed by atoms with Gasteiger partial charge < -0.3 is 0 Å². The molecule has 0 aliphatic carbocycles. The zero-order valence-corrected chi connectivity index (χ0v) is 11.4. The number of halogens is 3. The van der Waals surface area contributed by atoms with Gasteiger partial charge in [0.25, 0.3) is 0 Å². The molecule has 90 valence electrons. The molecule has 0 fully saturated rings. The molecule has 6 heteroatoms. The highest BCUT2D eigenvalue weighted by Gasteiger charge is 2.16. The number of aromatic nitrogens is 2. The van der Waals surface area contributed by atoms with E-state index in [1.54, 1.807) is 0 Å². The first-order valence-corrected chi connectivity index (χ1v) is 6.78. The second-order valence-corrected chi connectivity index (χ2v) is 5.54. The van der Waals surface area contributed by atoms with Crippen molar-refractivity contribution in [2.75, 3.05) is 0 Å². The molecule has 1 aromatic heterocycles. The van der Waals surface area contributed by atoms with Crippen molar-refractivity contribution < 1.29 is 8.78 Å². The van der Waals surface area contributed by atoms with E-state index in [4.69, 9.17) is 0 Å². The van der Waals surface area contributed by atoms with Crippen LogP contribution in [0, 0.1) is 11.6 Å².